The van der Waals surface area contributed by atoms with Gasteiger partial charge in [-0.1, -0.05) is 0 Å². The Morgan fingerprint density at radius 1 is 0.571 bits per heavy atom. The first-order valence-corrected chi connectivity index (χ1v) is 0. The quantitative estimate of drug-likeness (QED) is 0.322. The molecule has 10 N–H and O–H groups in total. The molecule has 0 heterocycles. The molecule has 0 bridgehead atoms. The molecule has 7 heavy (non-hydrogen) atoms. The molecule has 0 fully saturated rings. The maximum atomic E-state index is 0. The third kappa shape index (κ3) is 119. The summed E-state index contributed by atoms with van der Waals surface area (Å²) in [6, 6.07) is 0. The van der Waals surface area contributed by atoms with E-state index in [1.165, 1.54) is 0 Å². The van der Waals surface area contributed by atoms with Crippen LogP contribution in [0.15, 0.2) is 0 Å². The zero-order valence-electron chi connectivity index (χ0n) is 4.80. The van der Waals surface area contributed by atoms with Gasteiger partial charge >= 0.3 is 29.6 Å². The smallest absolute Gasteiger partial charge is 1.00 e. The molecule has 0 aliphatic rings. The first kappa shape index (κ1) is 256. The van der Waals surface area contributed by atoms with Gasteiger partial charge in [-0.2, -0.15) is 0 Å². The van der Waals surface area contributed by atoms with Crippen LogP contribution in [0.2, 0.25) is 0 Å². The number of hydrogen-bond acceptors (Lipinski definition) is 0. The summed E-state index contributed by atoms with van der Waals surface area (Å²) in [6.45, 7) is 0. The maximum Gasteiger partial charge on any atom is 1.00 e. The molecule has 1 radical (unpaired) electrons. The zero-order valence-corrected chi connectivity index (χ0v) is 6.74. The van der Waals surface area contributed by atoms with E-state index in [2.05, 4.69) is 0 Å². The Balaban J connectivity index is 0. The Morgan fingerprint density at radius 2 is 0.571 bits per heavy atom. The van der Waals surface area contributed by atoms with Gasteiger partial charge in [0.2, 0.25) is 0 Å². The van der Waals surface area contributed by atoms with Gasteiger partial charge in [0.15, 0.2) is 0 Å². The third-order valence-corrected chi connectivity index (χ3v) is 0. The summed E-state index contributed by atoms with van der Waals surface area (Å²) in [5.74, 6) is 0. The van der Waals surface area contributed by atoms with Gasteiger partial charge in [0.05, 0.1) is 0 Å². The van der Waals surface area contributed by atoms with E-state index < -0.39 is 0 Å². The third-order valence-electron chi connectivity index (χ3n) is 0. The van der Waals surface area contributed by atoms with Crippen molar-refractivity contribution in [1.82, 2.24) is 0 Å². The molecule has 0 saturated carbocycles. The van der Waals surface area contributed by atoms with Crippen LogP contribution in [0.4, 0.5) is 0 Å². The van der Waals surface area contributed by atoms with E-state index in [4.69, 9.17) is 0 Å². The first-order chi connectivity index (χ1) is 0. The summed E-state index contributed by atoms with van der Waals surface area (Å²) < 4.78 is 0. The monoisotopic (exact) mass is 177 g/mol. The molecular weight excluding hydrogens is 167 g/mol. The van der Waals surface area contributed by atoms with Crippen molar-refractivity contribution in [3.05, 3.63) is 0 Å². The van der Waals surface area contributed by atoms with Gasteiger partial charge in [-0.15, -0.1) is 0 Å². The van der Waals surface area contributed by atoms with Gasteiger partial charge in [-0.05, 0) is 0 Å². The van der Waals surface area contributed by atoms with Crippen molar-refractivity contribution in [2.24, 2.45) is 0 Å². The molecule has 0 aliphatic carbocycles. The van der Waals surface area contributed by atoms with Gasteiger partial charge in [0.25, 0.3) is 0 Å². The average molecular weight is 178 g/mol. The summed E-state index contributed by atoms with van der Waals surface area (Å²) >= 11 is 0. The van der Waals surface area contributed by atoms with E-state index >= 15 is 0 Å². The fraction of sp³-hybridized carbons (Fsp3) is 0. The van der Waals surface area contributed by atoms with Crippen molar-refractivity contribution in [3.63, 3.8) is 0 Å². The standard InChI is InChI=1S/Cu.Na.5H2O.H/h;;5*1H2;/q;+1;;;;;;-1. The molecule has 0 aromatic carbocycles. The Labute approximate surface area is 75.3 Å². The fourth-order valence-corrected chi connectivity index (χ4v) is 0. The Bertz CT molecular complexity index is 12.4. The summed E-state index contributed by atoms with van der Waals surface area (Å²) in [5, 5.41) is 0. The average Bonchev–Trinajstić information content (AvgIpc) is 0. The van der Waals surface area contributed by atoms with Crippen LogP contribution < -0.4 is 29.6 Å². The molecule has 5 nitrogen and oxygen atoms in total. The van der Waals surface area contributed by atoms with Crippen molar-refractivity contribution in [3.8, 4) is 0 Å². The molecule has 7 heteroatoms. The molecule has 0 aliphatic heterocycles. The first-order valence-electron chi connectivity index (χ1n) is 0. The van der Waals surface area contributed by atoms with Crippen LogP contribution in [0, 0.1) is 0 Å². The van der Waals surface area contributed by atoms with E-state index in [1.807, 2.05) is 0 Å². The number of hydrogen-bond donors (Lipinski definition) is 0. The van der Waals surface area contributed by atoms with Crippen molar-refractivity contribution in [2.45, 2.75) is 0 Å². The molecule has 0 aromatic heterocycles. The van der Waals surface area contributed by atoms with Gasteiger partial charge in [0.1, 0.15) is 0 Å². The van der Waals surface area contributed by atoms with Crippen molar-refractivity contribution < 1.29 is 75.4 Å². The zero-order chi connectivity index (χ0) is 0. The topological polar surface area (TPSA) is 158 Å². The molecule has 53 valence electrons. The maximum absolute atomic E-state index is 0. The van der Waals surface area contributed by atoms with Crippen LogP contribution in [0.1, 0.15) is 1.43 Å². The van der Waals surface area contributed by atoms with E-state index in [1.54, 1.807) is 0 Å². The molecule has 0 saturated heterocycles. The van der Waals surface area contributed by atoms with E-state index in [9.17, 15) is 0 Å². The predicted molar refractivity (Wildman–Crippen MR) is 19.2 cm³/mol. The summed E-state index contributed by atoms with van der Waals surface area (Å²) in [4.78, 5) is 0. The summed E-state index contributed by atoms with van der Waals surface area (Å²) in [7, 11) is 0. The Morgan fingerprint density at radius 3 is 0.571 bits per heavy atom. The molecule has 0 atom stereocenters. The molecule has 0 rings (SSSR count). The molecule has 0 aromatic rings. The van der Waals surface area contributed by atoms with Crippen LogP contribution in [-0.4, -0.2) is 27.4 Å². The Kier molecular flexibility index (Phi) is 6140. The van der Waals surface area contributed by atoms with Gasteiger partial charge < -0.3 is 28.8 Å². The van der Waals surface area contributed by atoms with E-state index in [-0.39, 0.29) is 75.4 Å². The molecule has 0 amide bonds. The molecular formula is H11CuNaO5. The van der Waals surface area contributed by atoms with E-state index in [0.29, 0.717) is 0 Å². The van der Waals surface area contributed by atoms with Crippen molar-refractivity contribution in [2.75, 3.05) is 0 Å². The van der Waals surface area contributed by atoms with Crippen molar-refractivity contribution in [1.29, 1.82) is 0 Å². The minimum Gasteiger partial charge on any atom is -1.00 e. The fourth-order valence-electron chi connectivity index (χ4n) is 0. The van der Waals surface area contributed by atoms with Crippen LogP contribution in [0.25, 0.3) is 0 Å². The molecule has 0 spiro atoms. The normalized spacial score (nSPS) is 0. The minimum absolute atomic E-state index is 0. The van der Waals surface area contributed by atoms with Gasteiger partial charge in [0, 0.05) is 17.1 Å². The van der Waals surface area contributed by atoms with E-state index in [0.717, 1.165) is 0 Å². The summed E-state index contributed by atoms with van der Waals surface area (Å²) in [6.07, 6.45) is 0. The Hall–Kier alpha value is 1.32. The number of rotatable bonds is 0. The second-order valence-electron chi connectivity index (χ2n) is 0. The summed E-state index contributed by atoms with van der Waals surface area (Å²) in [5.41, 5.74) is 0. The second-order valence-corrected chi connectivity index (χ2v) is 0. The second kappa shape index (κ2) is 168. The SMILES string of the molecule is O.O.O.O.O.[Cu].[H-].[Na+]. The minimum atomic E-state index is 0. The van der Waals surface area contributed by atoms with Crippen LogP contribution >= 0.6 is 0 Å². The van der Waals surface area contributed by atoms with Crippen LogP contribution in [0.5, 0.6) is 0 Å². The van der Waals surface area contributed by atoms with Crippen LogP contribution in [-0.2, 0) is 17.1 Å². The van der Waals surface area contributed by atoms with Crippen LogP contribution in [0.3, 0.4) is 0 Å². The van der Waals surface area contributed by atoms with Gasteiger partial charge in [-0.25, -0.2) is 0 Å². The largest absolute Gasteiger partial charge is 1.00 e. The van der Waals surface area contributed by atoms with Gasteiger partial charge in [-0.3, -0.25) is 0 Å². The van der Waals surface area contributed by atoms with Crippen molar-refractivity contribution >= 4 is 0 Å². The predicted octanol–water partition coefficient (Wildman–Crippen LogP) is -7.01. The molecule has 0 unspecified atom stereocenters.